The molecule has 0 fully saturated rings. The molecule has 3 aromatic rings. The Morgan fingerprint density at radius 3 is 1.92 bits per heavy atom. The minimum absolute atomic E-state index is 0.0126. The number of nitrogens with one attached hydrogen (secondary N) is 2. The number of carbonyl (C=O) groups is 3. The summed E-state index contributed by atoms with van der Waals surface area (Å²) in [7, 11) is 0. The van der Waals surface area contributed by atoms with E-state index in [1.165, 1.54) is 12.1 Å². The maximum atomic E-state index is 15.3. The van der Waals surface area contributed by atoms with E-state index in [0.29, 0.717) is 0 Å². The largest absolute Gasteiger partial charge is 0.453 e. The second kappa shape index (κ2) is 9.49. The van der Waals surface area contributed by atoms with Crippen LogP contribution in [-0.4, -0.2) is 17.6 Å². The predicted octanol–water partition coefficient (Wildman–Crippen LogP) is 6.05. The van der Waals surface area contributed by atoms with Crippen LogP contribution in [0, 0.1) is 28.3 Å². The molecule has 0 bridgehead atoms. The first-order chi connectivity index (χ1) is 16.9. The molecule has 0 unspecified atom stereocenters. The molecular formula is C27H27F3N2O5. The molecular weight excluding hydrogens is 489 g/mol. The number of hydrogen-bond acceptors (Lipinski definition) is 5. The number of anilines is 2. The summed E-state index contributed by atoms with van der Waals surface area (Å²) in [5.74, 6) is -6.07. The van der Waals surface area contributed by atoms with Gasteiger partial charge in [-0.3, -0.25) is 19.2 Å². The molecule has 0 aliphatic rings. The van der Waals surface area contributed by atoms with Crippen molar-refractivity contribution in [2.75, 3.05) is 10.6 Å². The third kappa shape index (κ3) is 5.42. The molecule has 0 saturated heterocycles. The van der Waals surface area contributed by atoms with E-state index >= 15 is 8.78 Å². The van der Waals surface area contributed by atoms with Gasteiger partial charge in [-0.1, -0.05) is 41.5 Å². The lowest BCUT2D eigenvalue weighted by Gasteiger charge is -2.20. The summed E-state index contributed by atoms with van der Waals surface area (Å²) in [6.07, 6.45) is 0. The van der Waals surface area contributed by atoms with Crippen molar-refractivity contribution in [2.24, 2.45) is 10.8 Å². The Labute approximate surface area is 211 Å². The molecule has 2 aromatic carbocycles. The van der Waals surface area contributed by atoms with E-state index in [0.717, 1.165) is 19.1 Å². The fourth-order valence-corrected chi connectivity index (χ4v) is 3.28. The summed E-state index contributed by atoms with van der Waals surface area (Å²) in [6, 6.07) is 4.44. The number of Topliss-reactive ketones (excluding diaryl/α,β-unsaturated/α-hetero) is 1. The number of fused-ring (bicyclic) bond motifs is 1. The molecule has 3 rings (SSSR count). The van der Waals surface area contributed by atoms with E-state index in [4.69, 9.17) is 4.42 Å². The van der Waals surface area contributed by atoms with Crippen molar-refractivity contribution in [1.82, 2.24) is 0 Å². The minimum atomic E-state index is -1.43. The fraction of sp³-hybridized carbons (Fsp3) is 0.333. The number of rotatable bonds is 4. The third-order valence-electron chi connectivity index (χ3n) is 5.51. The highest BCUT2D eigenvalue weighted by molar-refractivity contribution is 6.07. The van der Waals surface area contributed by atoms with Crippen LogP contribution in [0.5, 0.6) is 0 Å². The number of hydrogen-bond donors (Lipinski definition) is 2. The molecule has 37 heavy (non-hydrogen) atoms. The molecule has 0 saturated carbocycles. The minimum Gasteiger partial charge on any atom is -0.453 e. The van der Waals surface area contributed by atoms with Crippen molar-refractivity contribution in [2.45, 2.75) is 48.5 Å². The molecule has 7 nitrogen and oxygen atoms in total. The lowest BCUT2D eigenvalue weighted by Crippen LogP contribution is -2.29. The highest BCUT2D eigenvalue weighted by Crippen LogP contribution is 2.35. The Morgan fingerprint density at radius 2 is 1.41 bits per heavy atom. The Morgan fingerprint density at radius 1 is 0.838 bits per heavy atom. The summed E-state index contributed by atoms with van der Waals surface area (Å²) in [5.41, 5.74) is -5.28. The highest BCUT2D eigenvalue weighted by Gasteiger charge is 2.30. The van der Waals surface area contributed by atoms with Gasteiger partial charge in [0.05, 0.1) is 22.3 Å². The van der Waals surface area contributed by atoms with Crippen LogP contribution in [0.25, 0.3) is 22.3 Å². The summed E-state index contributed by atoms with van der Waals surface area (Å²) in [6.45, 7) is 10.5. The highest BCUT2D eigenvalue weighted by atomic mass is 19.1. The molecule has 1 aromatic heterocycles. The van der Waals surface area contributed by atoms with E-state index in [-0.39, 0.29) is 17.0 Å². The van der Waals surface area contributed by atoms with Crippen LogP contribution in [0.4, 0.5) is 24.5 Å². The molecule has 2 N–H and O–H groups in total. The first-order valence-corrected chi connectivity index (χ1v) is 11.4. The standard InChI is InChI=1S/C27H27F3N2O5/c1-12(33)18-20(29)22(32-25(36)27(5,6)7)19-16(34)11-17(37-23(19)21(18)30)13-8-9-15(14(28)10-13)31-24(35)26(2,3)4/h8-11H,1-7H3,(H,31,35)(H,32,36). The monoisotopic (exact) mass is 516 g/mol. The van der Waals surface area contributed by atoms with Crippen LogP contribution in [0.2, 0.25) is 0 Å². The molecule has 0 aliphatic carbocycles. The van der Waals surface area contributed by atoms with Crippen LogP contribution in [0.1, 0.15) is 58.8 Å². The van der Waals surface area contributed by atoms with Crippen molar-refractivity contribution >= 4 is 39.9 Å². The average molecular weight is 517 g/mol. The SMILES string of the molecule is CC(=O)c1c(F)c(NC(=O)C(C)(C)C)c2c(=O)cc(-c3ccc(NC(=O)C(C)(C)C)c(F)c3)oc2c1F. The Bertz CT molecular complexity index is 1510. The van der Waals surface area contributed by atoms with Crippen molar-refractivity contribution in [1.29, 1.82) is 0 Å². The normalized spacial score (nSPS) is 11.9. The molecule has 0 aliphatic heterocycles. The van der Waals surface area contributed by atoms with Crippen molar-refractivity contribution in [3.63, 3.8) is 0 Å². The molecule has 10 heteroatoms. The van der Waals surface area contributed by atoms with E-state index in [1.807, 2.05) is 0 Å². The first kappa shape index (κ1) is 27.6. The quantitative estimate of drug-likeness (QED) is 0.411. The maximum absolute atomic E-state index is 15.3. The average Bonchev–Trinajstić information content (AvgIpc) is 2.76. The van der Waals surface area contributed by atoms with Gasteiger partial charge in [0.25, 0.3) is 0 Å². The number of halogens is 3. The van der Waals surface area contributed by atoms with Gasteiger partial charge in [-0.2, -0.15) is 0 Å². The van der Waals surface area contributed by atoms with Crippen LogP contribution in [0.3, 0.4) is 0 Å². The molecule has 0 radical (unpaired) electrons. The van der Waals surface area contributed by atoms with Crippen LogP contribution in [-0.2, 0) is 9.59 Å². The number of amides is 2. The van der Waals surface area contributed by atoms with E-state index in [2.05, 4.69) is 10.6 Å². The zero-order valence-electron chi connectivity index (χ0n) is 21.5. The lowest BCUT2D eigenvalue weighted by atomic mass is 9.95. The van der Waals surface area contributed by atoms with Crippen LogP contribution in [0.15, 0.2) is 33.5 Å². The second-order valence-corrected chi connectivity index (χ2v) is 10.7. The molecule has 1 heterocycles. The van der Waals surface area contributed by atoms with Gasteiger partial charge in [0.1, 0.15) is 11.6 Å². The number of benzene rings is 2. The van der Waals surface area contributed by atoms with Crippen LogP contribution >= 0.6 is 0 Å². The molecule has 0 spiro atoms. The zero-order valence-corrected chi connectivity index (χ0v) is 21.5. The molecule has 196 valence electrons. The second-order valence-electron chi connectivity index (χ2n) is 10.7. The van der Waals surface area contributed by atoms with Gasteiger partial charge in [0.15, 0.2) is 28.4 Å². The number of ketones is 1. The van der Waals surface area contributed by atoms with Gasteiger partial charge in [0, 0.05) is 22.5 Å². The van der Waals surface area contributed by atoms with Crippen LogP contribution < -0.4 is 16.1 Å². The van der Waals surface area contributed by atoms with Crippen molar-refractivity contribution in [3.8, 4) is 11.3 Å². The summed E-state index contributed by atoms with van der Waals surface area (Å²) < 4.78 is 50.8. The lowest BCUT2D eigenvalue weighted by molar-refractivity contribution is -0.123. The van der Waals surface area contributed by atoms with Gasteiger partial charge in [-0.05, 0) is 25.1 Å². The van der Waals surface area contributed by atoms with E-state index < -0.39 is 73.5 Å². The molecule has 0 atom stereocenters. The summed E-state index contributed by atoms with van der Waals surface area (Å²) in [5, 5.41) is 4.11. The van der Waals surface area contributed by atoms with E-state index in [1.54, 1.807) is 41.5 Å². The topological polar surface area (TPSA) is 105 Å². The Kier molecular flexibility index (Phi) is 7.09. The molecule has 2 amide bonds. The van der Waals surface area contributed by atoms with Gasteiger partial charge < -0.3 is 15.1 Å². The first-order valence-electron chi connectivity index (χ1n) is 11.4. The Hall–Kier alpha value is -3.95. The van der Waals surface area contributed by atoms with Crippen molar-refractivity contribution < 1.29 is 32.0 Å². The summed E-state index contributed by atoms with van der Waals surface area (Å²) in [4.78, 5) is 49.8. The van der Waals surface area contributed by atoms with Gasteiger partial charge in [0.2, 0.25) is 11.8 Å². The van der Waals surface area contributed by atoms with Gasteiger partial charge >= 0.3 is 0 Å². The van der Waals surface area contributed by atoms with E-state index in [9.17, 15) is 23.6 Å². The maximum Gasteiger partial charge on any atom is 0.229 e. The van der Waals surface area contributed by atoms with Gasteiger partial charge in [-0.25, -0.2) is 13.2 Å². The van der Waals surface area contributed by atoms with Crippen molar-refractivity contribution in [3.05, 3.63) is 57.5 Å². The predicted molar refractivity (Wildman–Crippen MR) is 134 cm³/mol. The fourth-order valence-electron chi connectivity index (χ4n) is 3.28. The third-order valence-corrected chi connectivity index (χ3v) is 5.51. The Balaban J connectivity index is 2.23. The number of carbonyl (C=O) groups excluding carboxylic acids is 3. The smallest absolute Gasteiger partial charge is 0.229 e. The van der Waals surface area contributed by atoms with Gasteiger partial charge in [-0.15, -0.1) is 0 Å². The summed E-state index contributed by atoms with van der Waals surface area (Å²) >= 11 is 0. The zero-order chi connectivity index (χ0) is 28.0.